The predicted octanol–water partition coefficient (Wildman–Crippen LogP) is 1.68. The summed E-state index contributed by atoms with van der Waals surface area (Å²) in [6.07, 6.45) is 5.04. The van der Waals surface area contributed by atoms with Crippen LogP contribution in [0.25, 0.3) is 0 Å². The van der Waals surface area contributed by atoms with Crippen LogP contribution in [-0.4, -0.2) is 74.0 Å². The molecule has 5 rings (SSSR count). The molecule has 170 valence electrons. The van der Waals surface area contributed by atoms with Gasteiger partial charge in [-0.1, -0.05) is 0 Å². The van der Waals surface area contributed by atoms with Crippen molar-refractivity contribution in [2.45, 2.75) is 58.2 Å². The van der Waals surface area contributed by atoms with Crippen LogP contribution >= 0.6 is 0 Å². The number of nitrogens with zero attached hydrogens (tertiary/aromatic N) is 6. The highest BCUT2D eigenvalue weighted by atomic mass is 16.2. The second kappa shape index (κ2) is 8.18. The summed E-state index contributed by atoms with van der Waals surface area (Å²) in [5, 5.41) is 6.91. The molecule has 9 nitrogen and oxygen atoms in total. The summed E-state index contributed by atoms with van der Waals surface area (Å²) in [6, 6.07) is 3.52. The molecular weight excluding hydrogens is 406 g/mol. The molecule has 0 aliphatic carbocycles. The third-order valence-corrected chi connectivity index (χ3v) is 7.19. The number of likely N-dealkylation sites (N-methyl/N-ethyl adjacent to an activating group) is 1. The van der Waals surface area contributed by atoms with Crippen molar-refractivity contribution in [2.24, 2.45) is 11.8 Å². The number of carbonyl (C=O) groups excluding carboxylic acids is 2. The number of piperidine rings is 3. The minimum Gasteiger partial charge on any atom is -0.340 e. The molecule has 32 heavy (non-hydrogen) atoms. The maximum atomic E-state index is 13.7. The van der Waals surface area contributed by atoms with Gasteiger partial charge in [-0.2, -0.15) is 5.10 Å². The zero-order valence-electron chi connectivity index (χ0n) is 19.0. The highest BCUT2D eigenvalue weighted by molar-refractivity contribution is 5.89. The molecule has 0 saturated carbocycles. The van der Waals surface area contributed by atoms with E-state index in [2.05, 4.69) is 25.1 Å². The van der Waals surface area contributed by atoms with Crippen molar-refractivity contribution in [3.63, 3.8) is 0 Å². The highest BCUT2D eigenvalue weighted by Gasteiger charge is 2.52. The summed E-state index contributed by atoms with van der Waals surface area (Å²) in [4.78, 5) is 42.1. The maximum Gasteiger partial charge on any atom is 0.245 e. The topological polar surface area (TPSA) is 98.3 Å². The van der Waals surface area contributed by atoms with Gasteiger partial charge >= 0.3 is 0 Å². The number of H-pyrrole nitrogens is 1. The summed E-state index contributed by atoms with van der Waals surface area (Å²) in [5.74, 6) is 1.27. The molecule has 5 heterocycles. The van der Waals surface area contributed by atoms with E-state index in [0.29, 0.717) is 25.4 Å². The normalized spacial score (nSPS) is 27.3. The average Bonchev–Trinajstić information content (AvgIpc) is 3.26. The van der Waals surface area contributed by atoms with Crippen molar-refractivity contribution in [3.8, 4) is 0 Å². The average molecular weight is 438 g/mol. The summed E-state index contributed by atoms with van der Waals surface area (Å²) < 4.78 is 0. The largest absolute Gasteiger partial charge is 0.340 e. The van der Waals surface area contributed by atoms with Crippen LogP contribution in [0.1, 0.15) is 42.8 Å². The van der Waals surface area contributed by atoms with Crippen molar-refractivity contribution in [1.29, 1.82) is 0 Å². The molecule has 0 spiro atoms. The molecule has 0 unspecified atom stereocenters. The van der Waals surface area contributed by atoms with Crippen LogP contribution in [0.2, 0.25) is 0 Å². The van der Waals surface area contributed by atoms with Crippen molar-refractivity contribution in [3.05, 3.63) is 35.4 Å². The molecule has 4 atom stereocenters. The molecule has 0 aromatic carbocycles. The van der Waals surface area contributed by atoms with Gasteiger partial charge in [0.25, 0.3) is 0 Å². The van der Waals surface area contributed by atoms with Gasteiger partial charge in [-0.15, -0.1) is 0 Å². The standard InChI is InChI=1S/C23H31N7O2/c1-14-9-15(2)26-23(25-14)29-11-16-10-17(12-29)21(30-19(16)5-4-6-20(30)31)22(32)28(3)13-18-7-8-24-27-18/h7-9,16-17,19,21H,4-6,10-13H2,1-3H3,(H,24,27)/t16-,17+,19+,21-/m1/s1. The Morgan fingerprint density at radius 1 is 1.22 bits per heavy atom. The maximum absolute atomic E-state index is 13.7. The Kier molecular flexibility index (Phi) is 5.35. The van der Waals surface area contributed by atoms with E-state index in [0.717, 1.165) is 48.8 Å². The van der Waals surface area contributed by atoms with Crippen LogP contribution in [0.15, 0.2) is 18.3 Å². The monoisotopic (exact) mass is 437 g/mol. The molecule has 2 aromatic rings. The Morgan fingerprint density at radius 3 is 2.69 bits per heavy atom. The van der Waals surface area contributed by atoms with E-state index in [1.54, 1.807) is 11.1 Å². The summed E-state index contributed by atoms with van der Waals surface area (Å²) in [7, 11) is 1.81. The molecule has 2 bridgehead atoms. The molecule has 3 fully saturated rings. The zero-order valence-corrected chi connectivity index (χ0v) is 19.0. The number of amides is 2. The SMILES string of the molecule is Cc1cc(C)nc(N2C[C@H]3C[C@@H](C2)[C@H](C(=O)N(C)Cc2ccn[nH]2)N2C(=O)CCC[C@@H]32)n1. The third-order valence-electron chi connectivity index (χ3n) is 7.19. The fourth-order valence-electron chi connectivity index (χ4n) is 5.92. The van der Waals surface area contributed by atoms with Crippen LogP contribution < -0.4 is 4.90 Å². The Morgan fingerprint density at radius 2 is 1.97 bits per heavy atom. The van der Waals surface area contributed by atoms with Gasteiger partial charge < -0.3 is 14.7 Å². The Bertz CT molecular complexity index is 988. The quantitative estimate of drug-likeness (QED) is 0.782. The van der Waals surface area contributed by atoms with Gasteiger partial charge in [0.1, 0.15) is 6.04 Å². The summed E-state index contributed by atoms with van der Waals surface area (Å²) in [5.41, 5.74) is 2.78. The van der Waals surface area contributed by atoms with Gasteiger partial charge in [0, 0.05) is 56.1 Å². The van der Waals surface area contributed by atoms with Crippen LogP contribution in [0.5, 0.6) is 0 Å². The number of aryl methyl sites for hydroxylation is 2. The number of anilines is 1. The molecule has 2 aromatic heterocycles. The summed E-state index contributed by atoms with van der Waals surface area (Å²) >= 11 is 0. The highest BCUT2D eigenvalue weighted by Crippen LogP contribution is 2.42. The first kappa shape index (κ1) is 20.9. The first-order chi connectivity index (χ1) is 15.4. The van der Waals surface area contributed by atoms with Gasteiger partial charge in [-0.25, -0.2) is 9.97 Å². The van der Waals surface area contributed by atoms with Gasteiger partial charge in [-0.05, 0) is 51.2 Å². The first-order valence-corrected chi connectivity index (χ1v) is 11.5. The van der Waals surface area contributed by atoms with Crippen LogP contribution in [-0.2, 0) is 16.1 Å². The molecule has 0 radical (unpaired) electrons. The van der Waals surface area contributed by atoms with E-state index in [-0.39, 0.29) is 23.8 Å². The lowest BCUT2D eigenvalue weighted by Crippen LogP contribution is -2.68. The van der Waals surface area contributed by atoms with Crippen molar-refractivity contribution < 1.29 is 9.59 Å². The second-order valence-electron chi connectivity index (χ2n) is 9.59. The lowest BCUT2D eigenvalue weighted by atomic mass is 9.71. The van der Waals surface area contributed by atoms with Gasteiger partial charge in [0.2, 0.25) is 17.8 Å². The number of hydrogen-bond acceptors (Lipinski definition) is 6. The number of fused-ring (bicyclic) bond motifs is 4. The van der Waals surface area contributed by atoms with Gasteiger partial charge in [-0.3, -0.25) is 14.7 Å². The molecule has 3 aliphatic rings. The van der Waals surface area contributed by atoms with E-state index >= 15 is 0 Å². The number of aromatic amines is 1. The fourth-order valence-corrected chi connectivity index (χ4v) is 5.92. The Hall–Kier alpha value is -2.97. The van der Waals surface area contributed by atoms with E-state index < -0.39 is 6.04 Å². The molecule has 1 N–H and O–H groups in total. The first-order valence-electron chi connectivity index (χ1n) is 11.5. The van der Waals surface area contributed by atoms with E-state index in [9.17, 15) is 9.59 Å². The minimum absolute atomic E-state index is 0.00601. The second-order valence-corrected chi connectivity index (χ2v) is 9.59. The molecular formula is C23H31N7O2. The van der Waals surface area contributed by atoms with E-state index in [1.807, 2.05) is 37.9 Å². The van der Waals surface area contributed by atoms with Gasteiger partial charge in [0.15, 0.2) is 0 Å². The summed E-state index contributed by atoms with van der Waals surface area (Å²) in [6.45, 7) is 5.94. The number of carbonyl (C=O) groups is 2. The lowest BCUT2D eigenvalue weighted by Gasteiger charge is -2.56. The minimum atomic E-state index is -0.439. The molecule has 2 amide bonds. The zero-order chi connectivity index (χ0) is 22.4. The Balaban J connectivity index is 1.45. The van der Waals surface area contributed by atoms with Gasteiger partial charge in [0.05, 0.1) is 12.2 Å². The number of aromatic nitrogens is 4. The number of rotatable bonds is 4. The van der Waals surface area contributed by atoms with E-state index in [1.165, 1.54) is 0 Å². The lowest BCUT2D eigenvalue weighted by molar-refractivity contribution is -0.160. The van der Waals surface area contributed by atoms with Crippen molar-refractivity contribution >= 4 is 17.8 Å². The van der Waals surface area contributed by atoms with Crippen molar-refractivity contribution in [2.75, 3.05) is 25.0 Å². The molecule has 3 saturated heterocycles. The smallest absolute Gasteiger partial charge is 0.245 e. The molecule has 9 heteroatoms. The number of hydrogen-bond donors (Lipinski definition) is 1. The fraction of sp³-hybridized carbons (Fsp3) is 0.609. The molecule has 3 aliphatic heterocycles. The Labute approximate surface area is 188 Å². The van der Waals surface area contributed by atoms with Crippen LogP contribution in [0.3, 0.4) is 0 Å². The van der Waals surface area contributed by atoms with Crippen molar-refractivity contribution in [1.82, 2.24) is 30.0 Å². The van der Waals surface area contributed by atoms with Crippen LogP contribution in [0.4, 0.5) is 5.95 Å². The predicted molar refractivity (Wildman–Crippen MR) is 119 cm³/mol. The van der Waals surface area contributed by atoms with E-state index in [4.69, 9.17) is 0 Å². The third kappa shape index (κ3) is 3.73. The van der Waals surface area contributed by atoms with Crippen LogP contribution in [0, 0.1) is 25.7 Å². The number of nitrogens with one attached hydrogen (secondary N) is 1.